The normalized spacial score (nSPS) is 17.6. The van der Waals surface area contributed by atoms with Gasteiger partial charge in [0.2, 0.25) is 0 Å². The average Bonchev–Trinajstić information content (AvgIpc) is 2.48. The first-order valence-corrected chi connectivity index (χ1v) is 6.00. The van der Waals surface area contributed by atoms with Crippen molar-refractivity contribution in [3.63, 3.8) is 0 Å². The van der Waals surface area contributed by atoms with Gasteiger partial charge in [0.05, 0.1) is 5.69 Å². The van der Waals surface area contributed by atoms with Crippen molar-refractivity contribution in [1.29, 1.82) is 0 Å². The van der Waals surface area contributed by atoms with Crippen LogP contribution in [0.4, 0.5) is 0 Å². The van der Waals surface area contributed by atoms with E-state index in [1.807, 2.05) is 37.3 Å². The lowest BCUT2D eigenvalue weighted by atomic mass is 10.0. The zero-order valence-electron chi connectivity index (χ0n) is 9.48. The summed E-state index contributed by atoms with van der Waals surface area (Å²) >= 11 is 6.49. The molecule has 0 bridgehead atoms. The SMILES string of the molecule is Cc1ccc2c(c1)OCc1cccnc1C2Cl. The number of nitrogens with zero attached hydrogens (tertiary/aromatic N) is 1. The lowest BCUT2D eigenvalue weighted by Crippen LogP contribution is -1.99. The molecule has 1 aromatic heterocycles. The van der Waals surface area contributed by atoms with Gasteiger partial charge in [-0.3, -0.25) is 4.98 Å². The Morgan fingerprint density at radius 3 is 3.12 bits per heavy atom. The van der Waals surface area contributed by atoms with Crippen molar-refractivity contribution in [2.45, 2.75) is 18.9 Å². The van der Waals surface area contributed by atoms with Gasteiger partial charge in [-0.05, 0) is 24.6 Å². The molecule has 17 heavy (non-hydrogen) atoms. The number of benzene rings is 1. The summed E-state index contributed by atoms with van der Waals surface area (Å²) in [6.07, 6.45) is 1.77. The zero-order chi connectivity index (χ0) is 11.8. The fourth-order valence-corrected chi connectivity index (χ4v) is 2.46. The van der Waals surface area contributed by atoms with Gasteiger partial charge in [-0.25, -0.2) is 0 Å². The number of hydrogen-bond donors (Lipinski definition) is 0. The summed E-state index contributed by atoms with van der Waals surface area (Å²) < 4.78 is 5.80. The molecule has 0 N–H and O–H groups in total. The summed E-state index contributed by atoms with van der Waals surface area (Å²) in [7, 11) is 0. The molecule has 0 amide bonds. The first-order valence-electron chi connectivity index (χ1n) is 5.57. The molecule has 3 heteroatoms. The lowest BCUT2D eigenvalue weighted by Gasteiger charge is -2.11. The Kier molecular flexibility index (Phi) is 2.52. The minimum Gasteiger partial charge on any atom is -0.488 e. The molecule has 1 atom stereocenters. The van der Waals surface area contributed by atoms with Crippen LogP contribution in [-0.4, -0.2) is 4.98 Å². The highest BCUT2D eigenvalue weighted by Crippen LogP contribution is 2.38. The van der Waals surface area contributed by atoms with Crippen LogP contribution in [0, 0.1) is 6.92 Å². The van der Waals surface area contributed by atoms with Crippen molar-refractivity contribution in [1.82, 2.24) is 4.98 Å². The van der Waals surface area contributed by atoms with Crippen LogP contribution in [0.3, 0.4) is 0 Å². The number of fused-ring (bicyclic) bond motifs is 2. The first-order chi connectivity index (χ1) is 8.25. The van der Waals surface area contributed by atoms with E-state index in [-0.39, 0.29) is 5.38 Å². The second kappa shape index (κ2) is 4.04. The second-order valence-corrected chi connectivity index (χ2v) is 4.68. The number of rotatable bonds is 0. The third kappa shape index (κ3) is 1.79. The van der Waals surface area contributed by atoms with E-state index in [2.05, 4.69) is 4.98 Å². The average molecular weight is 246 g/mol. The molecule has 2 heterocycles. The molecule has 1 unspecified atom stereocenters. The first kappa shape index (κ1) is 10.6. The van der Waals surface area contributed by atoms with Gasteiger partial charge in [0.1, 0.15) is 17.7 Å². The number of pyridine rings is 1. The van der Waals surface area contributed by atoms with E-state index in [0.29, 0.717) is 6.61 Å². The van der Waals surface area contributed by atoms with Crippen molar-refractivity contribution in [3.8, 4) is 5.75 Å². The second-order valence-electron chi connectivity index (χ2n) is 4.24. The molecule has 3 rings (SSSR count). The van der Waals surface area contributed by atoms with Gasteiger partial charge >= 0.3 is 0 Å². The fraction of sp³-hybridized carbons (Fsp3) is 0.214. The van der Waals surface area contributed by atoms with Gasteiger partial charge in [-0.2, -0.15) is 0 Å². The Hall–Kier alpha value is -1.54. The summed E-state index contributed by atoms with van der Waals surface area (Å²) in [6.45, 7) is 2.58. The van der Waals surface area contributed by atoms with Gasteiger partial charge in [0.25, 0.3) is 0 Å². The Morgan fingerprint density at radius 2 is 2.24 bits per heavy atom. The molecule has 0 radical (unpaired) electrons. The molecule has 1 aromatic carbocycles. The van der Waals surface area contributed by atoms with E-state index in [9.17, 15) is 0 Å². The molecule has 0 aliphatic carbocycles. The topological polar surface area (TPSA) is 22.1 Å². The summed E-state index contributed by atoms with van der Waals surface area (Å²) in [5.41, 5.74) is 4.12. The molecule has 0 fully saturated rings. The van der Waals surface area contributed by atoms with Crippen molar-refractivity contribution in [2.75, 3.05) is 0 Å². The van der Waals surface area contributed by atoms with Gasteiger partial charge in [0, 0.05) is 17.3 Å². The smallest absolute Gasteiger partial charge is 0.125 e. The predicted molar refractivity (Wildman–Crippen MR) is 67.4 cm³/mol. The van der Waals surface area contributed by atoms with E-state index < -0.39 is 0 Å². The van der Waals surface area contributed by atoms with Crippen LogP contribution in [0.15, 0.2) is 36.5 Å². The van der Waals surface area contributed by atoms with Crippen LogP contribution in [-0.2, 0) is 6.61 Å². The molecular formula is C14H12ClNO. The van der Waals surface area contributed by atoms with Crippen molar-refractivity contribution in [3.05, 3.63) is 58.9 Å². The number of aryl methyl sites for hydroxylation is 1. The maximum atomic E-state index is 6.49. The maximum Gasteiger partial charge on any atom is 0.125 e. The molecule has 0 spiro atoms. The standard InChI is InChI=1S/C14H12ClNO/c1-9-4-5-11-12(7-9)17-8-10-3-2-6-16-14(10)13(11)15/h2-7,13H,8H2,1H3. The molecule has 0 saturated heterocycles. The lowest BCUT2D eigenvalue weighted by molar-refractivity contribution is 0.306. The van der Waals surface area contributed by atoms with Crippen molar-refractivity contribution < 1.29 is 4.74 Å². The van der Waals surface area contributed by atoms with E-state index in [0.717, 1.165) is 22.6 Å². The molecule has 86 valence electrons. The summed E-state index contributed by atoms with van der Waals surface area (Å²) in [6, 6.07) is 10.0. The fourth-order valence-electron chi connectivity index (χ4n) is 2.08. The minimum absolute atomic E-state index is 0.232. The Bertz CT molecular complexity index is 568. The third-order valence-corrected chi connectivity index (χ3v) is 3.43. The Balaban J connectivity index is 2.16. The number of alkyl halides is 1. The van der Waals surface area contributed by atoms with Gasteiger partial charge in [-0.15, -0.1) is 11.6 Å². The van der Waals surface area contributed by atoms with Crippen LogP contribution in [0.25, 0.3) is 0 Å². The summed E-state index contributed by atoms with van der Waals surface area (Å²) in [5.74, 6) is 0.864. The van der Waals surface area contributed by atoms with Crippen LogP contribution >= 0.6 is 11.6 Å². The molecule has 2 nitrogen and oxygen atoms in total. The van der Waals surface area contributed by atoms with Gasteiger partial charge in [0.15, 0.2) is 0 Å². The monoisotopic (exact) mass is 245 g/mol. The molecule has 1 aliphatic heterocycles. The number of aromatic nitrogens is 1. The molecule has 1 aliphatic rings. The summed E-state index contributed by atoms with van der Waals surface area (Å²) in [5, 5.41) is -0.232. The predicted octanol–water partition coefficient (Wildman–Crippen LogP) is 3.61. The van der Waals surface area contributed by atoms with Crippen LogP contribution in [0.2, 0.25) is 0 Å². The zero-order valence-corrected chi connectivity index (χ0v) is 10.2. The number of halogens is 1. The van der Waals surface area contributed by atoms with Crippen LogP contribution < -0.4 is 4.74 Å². The van der Waals surface area contributed by atoms with Crippen LogP contribution in [0.5, 0.6) is 5.75 Å². The van der Waals surface area contributed by atoms with Gasteiger partial charge in [-0.1, -0.05) is 18.2 Å². The minimum atomic E-state index is -0.232. The van der Waals surface area contributed by atoms with E-state index in [4.69, 9.17) is 16.3 Å². The number of hydrogen-bond acceptors (Lipinski definition) is 2. The van der Waals surface area contributed by atoms with Crippen molar-refractivity contribution >= 4 is 11.6 Å². The largest absolute Gasteiger partial charge is 0.488 e. The van der Waals surface area contributed by atoms with E-state index in [1.54, 1.807) is 6.20 Å². The number of ether oxygens (including phenoxy) is 1. The quantitative estimate of drug-likeness (QED) is 0.662. The summed E-state index contributed by atoms with van der Waals surface area (Å²) in [4.78, 5) is 4.37. The molecule has 0 saturated carbocycles. The highest BCUT2D eigenvalue weighted by Gasteiger charge is 2.23. The van der Waals surface area contributed by atoms with Gasteiger partial charge < -0.3 is 4.74 Å². The highest BCUT2D eigenvalue weighted by molar-refractivity contribution is 6.22. The maximum absolute atomic E-state index is 6.49. The van der Waals surface area contributed by atoms with Crippen LogP contribution in [0.1, 0.15) is 27.8 Å². The van der Waals surface area contributed by atoms with Crippen molar-refractivity contribution in [2.24, 2.45) is 0 Å². The molecular weight excluding hydrogens is 234 g/mol. The molecule has 2 aromatic rings. The Labute approximate surface area is 105 Å². The highest BCUT2D eigenvalue weighted by atomic mass is 35.5. The Morgan fingerprint density at radius 1 is 1.35 bits per heavy atom. The van der Waals surface area contributed by atoms with E-state index >= 15 is 0 Å². The van der Waals surface area contributed by atoms with E-state index in [1.165, 1.54) is 5.56 Å². The third-order valence-electron chi connectivity index (χ3n) is 2.99.